The smallest absolute Gasteiger partial charge is 0.412 e. The Labute approximate surface area is 174 Å². The fourth-order valence-electron chi connectivity index (χ4n) is 4.23. The van der Waals surface area contributed by atoms with Crippen LogP contribution in [-0.2, 0) is 46.5 Å². The van der Waals surface area contributed by atoms with Crippen LogP contribution in [0.15, 0.2) is 18.5 Å². The maximum Gasteiger partial charge on any atom is 0.412 e. The Morgan fingerprint density at radius 1 is 1.21 bits per heavy atom. The first-order chi connectivity index (χ1) is 14.0. The van der Waals surface area contributed by atoms with E-state index in [2.05, 4.69) is 16.5 Å². The number of amides is 1. The molecule has 0 bridgehead atoms. The number of carbonyl (C=O) groups excluding carboxylic acids is 2. The standard InChI is InChI=1S/C21H24ClN3O4/c1-2-28-20(26)18(12-25-11-15(22)10-23-25)29-21(27)24-19-16-7-3-5-13(16)9-14-6-4-8-17(14)19/h9-11,18H,2-8,12H2,1H3,(H,24,27)/t18-/m1/s1. The van der Waals surface area contributed by atoms with Crippen molar-refractivity contribution in [3.05, 3.63) is 45.7 Å². The number of rotatable bonds is 6. The average Bonchev–Trinajstić information content (AvgIpc) is 3.42. The Morgan fingerprint density at radius 3 is 2.48 bits per heavy atom. The molecule has 0 radical (unpaired) electrons. The van der Waals surface area contributed by atoms with Crippen LogP contribution in [0.3, 0.4) is 0 Å². The zero-order valence-corrected chi connectivity index (χ0v) is 17.1. The molecule has 154 valence electrons. The molecule has 1 amide bonds. The Balaban J connectivity index is 1.52. The van der Waals surface area contributed by atoms with Gasteiger partial charge in [0.05, 0.1) is 30.1 Å². The molecule has 0 fully saturated rings. The summed E-state index contributed by atoms with van der Waals surface area (Å²) in [4.78, 5) is 25.0. The van der Waals surface area contributed by atoms with Gasteiger partial charge in [-0.15, -0.1) is 0 Å². The number of carbonyl (C=O) groups is 2. The van der Waals surface area contributed by atoms with Crippen LogP contribution < -0.4 is 5.32 Å². The molecule has 1 aromatic heterocycles. The third kappa shape index (κ3) is 4.24. The summed E-state index contributed by atoms with van der Waals surface area (Å²) >= 11 is 5.89. The molecular weight excluding hydrogens is 394 g/mol. The van der Waals surface area contributed by atoms with Gasteiger partial charge < -0.3 is 9.47 Å². The lowest BCUT2D eigenvalue weighted by atomic mass is 9.99. The van der Waals surface area contributed by atoms with E-state index < -0.39 is 18.2 Å². The summed E-state index contributed by atoms with van der Waals surface area (Å²) in [5.41, 5.74) is 5.91. The van der Waals surface area contributed by atoms with Gasteiger partial charge in [0, 0.05) is 6.20 Å². The number of halogens is 1. The Bertz CT molecular complexity index is 908. The third-order valence-corrected chi connectivity index (χ3v) is 5.65. The van der Waals surface area contributed by atoms with Crippen molar-refractivity contribution in [1.29, 1.82) is 0 Å². The fraction of sp³-hybridized carbons (Fsp3) is 0.476. The molecule has 0 unspecified atom stereocenters. The molecule has 0 saturated carbocycles. The zero-order chi connectivity index (χ0) is 20.4. The van der Waals surface area contributed by atoms with Gasteiger partial charge in [-0.2, -0.15) is 5.10 Å². The minimum Gasteiger partial charge on any atom is -0.463 e. The molecule has 4 rings (SSSR count). The van der Waals surface area contributed by atoms with Crippen LogP contribution in [0.2, 0.25) is 5.02 Å². The van der Waals surface area contributed by atoms with Crippen molar-refractivity contribution in [3.63, 3.8) is 0 Å². The van der Waals surface area contributed by atoms with Crippen molar-refractivity contribution in [2.75, 3.05) is 11.9 Å². The van der Waals surface area contributed by atoms with E-state index in [1.807, 2.05) is 0 Å². The highest BCUT2D eigenvalue weighted by atomic mass is 35.5. The van der Waals surface area contributed by atoms with Crippen molar-refractivity contribution < 1.29 is 19.1 Å². The van der Waals surface area contributed by atoms with Crippen molar-refractivity contribution in [2.45, 2.75) is 58.1 Å². The molecule has 0 aliphatic heterocycles. The molecule has 1 heterocycles. The van der Waals surface area contributed by atoms with Gasteiger partial charge in [-0.25, -0.2) is 9.59 Å². The minimum absolute atomic E-state index is 0.0317. The number of aryl methyl sites for hydroxylation is 2. The molecule has 2 aliphatic rings. The zero-order valence-electron chi connectivity index (χ0n) is 16.4. The first-order valence-corrected chi connectivity index (χ1v) is 10.4. The maximum atomic E-state index is 12.7. The van der Waals surface area contributed by atoms with Crippen LogP contribution in [0.5, 0.6) is 0 Å². The first kappa shape index (κ1) is 19.8. The predicted molar refractivity (Wildman–Crippen MR) is 108 cm³/mol. The van der Waals surface area contributed by atoms with Gasteiger partial charge in [-0.05, 0) is 67.7 Å². The number of benzene rings is 1. The molecule has 2 aliphatic carbocycles. The number of ether oxygens (including phenoxy) is 2. The molecule has 0 saturated heterocycles. The Hall–Kier alpha value is -2.54. The lowest BCUT2D eigenvalue weighted by molar-refractivity contribution is -0.153. The largest absolute Gasteiger partial charge is 0.463 e. The quantitative estimate of drug-likeness (QED) is 0.725. The number of fused-ring (bicyclic) bond motifs is 2. The lowest BCUT2D eigenvalue weighted by Gasteiger charge is -2.19. The molecule has 1 N–H and O–H groups in total. The summed E-state index contributed by atoms with van der Waals surface area (Å²) < 4.78 is 12.0. The van der Waals surface area contributed by atoms with Crippen molar-refractivity contribution in [2.24, 2.45) is 0 Å². The molecule has 8 heteroatoms. The maximum absolute atomic E-state index is 12.7. The first-order valence-electron chi connectivity index (χ1n) is 10.0. The van der Waals surface area contributed by atoms with Crippen LogP contribution in [0.4, 0.5) is 10.5 Å². The number of esters is 1. The molecular formula is C21H24ClN3O4. The van der Waals surface area contributed by atoms with Crippen molar-refractivity contribution in [3.8, 4) is 0 Å². The average molecular weight is 418 g/mol. The molecule has 7 nitrogen and oxygen atoms in total. The van der Waals surface area contributed by atoms with Gasteiger partial charge >= 0.3 is 12.1 Å². The number of aromatic nitrogens is 2. The molecule has 1 atom stereocenters. The predicted octanol–water partition coefficient (Wildman–Crippen LogP) is 3.69. The van der Waals surface area contributed by atoms with E-state index in [4.69, 9.17) is 21.1 Å². The van der Waals surface area contributed by atoms with Crippen LogP contribution in [0.1, 0.15) is 42.0 Å². The second-order valence-electron chi connectivity index (χ2n) is 7.39. The minimum atomic E-state index is -1.12. The highest BCUT2D eigenvalue weighted by Crippen LogP contribution is 2.38. The van der Waals surface area contributed by atoms with E-state index in [0.717, 1.165) is 44.2 Å². The lowest BCUT2D eigenvalue weighted by Crippen LogP contribution is -2.35. The Kier molecular flexibility index (Phi) is 5.76. The van der Waals surface area contributed by atoms with Crippen LogP contribution >= 0.6 is 11.6 Å². The number of hydrogen-bond donors (Lipinski definition) is 1. The molecule has 29 heavy (non-hydrogen) atoms. The summed E-state index contributed by atoms with van der Waals surface area (Å²) in [6, 6.07) is 2.30. The Morgan fingerprint density at radius 2 is 1.90 bits per heavy atom. The van der Waals surface area contributed by atoms with E-state index in [-0.39, 0.29) is 13.2 Å². The van der Waals surface area contributed by atoms with Gasteiger partial charge in [-0.3, -0.25) is 10.00 Å². The summed E-state index contributed by atoms with van der Waals surface area (Å²) in [5, 5.41) is 7.42. The van der Waals surface area contributed by atoms with E-state index in [1.54, 1.807) is 13.1 Å². The van der Waals surface area contributed by atoms with Crippen molar-refractivity contribution >= 4 is 29.4 Å². The van der Waals surface area contributed by atoms with E-state index in [9.17, 15) is 9.59 Å². The van der Waals surface area contributed by atoms with Gasteiger partial charge in [0.15, 0.2) is 0 Å². The molecule has 1 aromatic carbocycles. The monoisotopic (exact) mass is 417 g/mol. The summed E-state index contributed by atoms with van der Waals surface area (Å²) in [7, 11) is 0. The van der Waals surface area contributed by atoms with Crippen molar-refractivity contribution in [1.82, 2.24) is 9.78 Å². The highest BCUT2D eigenvalue weighted by Gasteiger charge is 2.29. The normalized spacial score (nSPS) is 15.5. The summed E-state index contributed by atoms with van der Waals surface area (Å²) in [6.07, 6.45) is 7.41. The fourth-order valence-corrected chi connectivity index (χ4v) is 4.39. The topological polar surface area (TPSA) is 82.5 Å². The number of hydrogen-bond acceptors (Lipinski definition) is 5. The van der Waals surface area contributed by atoms with Crippen LogP contribution in [0.25, 0.3) is 0 Å². The van der Waals surface area contributed by atoms with Gasteiger partial charge in [0.25, 0.3) is 0 Å². The third-order valence-electron chi connectivity index (χ3n) is 5.45. The molecule has 0 spiro atoms. The second-order valence-corrected chi connectivity index (χ2v) is 7.82. The number of nitrogens with one attached hydrogen (secondary N) is 1. The second kappa shape index (κ2) is 8.45. The SMILES string of the molecule is CCOC(=O)[C@@H](Cn1cc(Cl)cn1)OC(=O)Nc1c2c(cc3c1CCC3)CCC2. The van der Waals surface area contributed by atoms with Crippen LogP contribution in [0, 0.1) is 0 Å². The van der Waals surface area contributed by atoms with Crippen LogP contribution in [-0.4, -0.2) is 34.6 Å². The van der Waals surface area contributed by atoms with E-state index >= 15 is 0 Å². The molecule has 2 aromatic rings. The van der Waals surface area contributed by atoms with Gasteiger partial charge in [0.1, 0.15) is 0 Å². The number of nitrogens with zero attached hydrogens (tertiary/aromatic N) is 2. The van der Waals surface area contributed by atoms with Gasteiger partial charge in [0.2, 0.25) is 6.10 Å². The summed E-state index contributed by atoms with van der Waals surface area (Å²) in [5.74, 6) is -0.613. The highest BCUT2D eigenvalue weighted by molar-refractivity contribution is 6.30. The van der Waals surface area contributed by atoms with E-state index in [0.29, 0.717) is 5.02 Å². The summed E-state index contributed by atoms with van der Waals surface area (Å²) in [6.45, 7) is 1.93. The van der Waals surface area contributed by atoms with E-state index in [1.165, 1.54) is 33.1 Å². The van der Waals surface area contributed by atoms with Gasteiger partial charge in [-0.1, -0.05) is 17.7 Å². The number of anilines is 1.